The van der Waals surface area contributed by atoms with Crippen LogP contribution in [0, 0.1) is 5.82 Å². The van der Waals surface area contributed by atoms with Gasteiger partial charge in [-0.3, -0.25) is 0 Å². The number of nitrogens with two attached hydrogens (primary N) is 1. The van der Waals surface area contributed by atoms with Crippen LogP contribution in [0.15, 0.2) is 48.5 Å². The minimum atomic E-state index is -0.855. The van der Waals surface area contributed by atoms with Gasteiger partial charge in [-0.05, 0) is 29.8 Å². The van der Waals surface area contributed by atoms with Crippen LogP contribution in [-0.4, -0.2) is 24.4 Å². The van der Waals surface area contributed by atoms with Crippen LogP contribution in [0.25, 0.3) is 0 Å². The summed E-state index contributed by atoms with van der Waals surface area (Å²) in [6.07, 6.45) is -0.855. The maximum absolute atomic E-state index is 13.3. The lowest BCUT2D eigenvalue weighted by molar-refractivity contribution is 0.0612. The number of hydrogen-bond donors (Lipinski definition) is 2. The second kappa shape index (κ2) is 7.61. The van der Waals surface area contributed by atoms with Crippen LogP contribution >= 0.6 is 0 Å². The topological polar surface area (TPSA) is 64.7 Å². The lowest BCUT2D eigenvalue weighted by Crippen LogP contribution is -2.25. The molecule has 0 fully saturated rings. The smallest absolute Gasteiger partial charge is 0.165 e. The predicted octanol–water partition coefficient (Wildman–Crippen LogP) is 2.10. The Hall–Kier alpha value is -2.11. The molecule has 2 aromatic rings. The molecule has 0 saturated heterocycles. The highest BCUT2D eigenvalue weighted by molar-refractivity contribution is 5.28. The average Bonchev–Trinajstić information content (AvgIpc) is 2.52. The van der Waals surface area contributed by atoms with Crippen LogP contribution in [0.1, 0.15) is 5.56 Å². The lowest BCUT2D eigenvalue weighted by atomic mass is 10.2. The first-order chi connectivity index (χ1) is 10.2. The van der Waals surface area contributed by atoms with E-state index in [1.165, 1.54) is 12.1 Å². The van der Waals surface area contributed by atoms with Crippen molar-refractivity contribution in [3.63, 3.8) is 0 Å². The molecule has 4 nitrogen and oxygen atoms in total. The van der Waals surface area contributed by atoms with Crippen LogP contribution < -0.4 is 15.2 Å². The largest absolute Gasteiger partial charge is 0.491 e. The molecule has 0 aliphatic heterocycles. The first kappa shape index (κ1) is 15.3. The summed E-state index contributed by atoms with van der Waals surface area (Å²) in [4.78, 5) is 0. The van der Waals surface area contributed by atoms with Gasteiger partial charge in [-0.25, -0.2) is 4.39 Å². The molecule has 0 spiro atoms. The Bertz CT molecular complexity index is 577. The zero-order valence-electron chi connectivity index (χ0n) is 11.5. The van der Waals surface area contributed by atoms with E-state index in [0.29, 0.717) is 12.3 Å². The molecule has 0 aromatic heterocycles. The number of aliphatic hydroxyl groups excluding tert-OH is 1. The average molecular weight is 291 g/mol. The molecule has 21 heavy (non-hydrogen) atoms. The van der Waals surface area contributed by atoms with E-state index in [0.717, 1.165) is 5.56 Å². The summed E-state index contributed by atoms with van der Waals surface area (Å²) in [7, 11) is 0. The van der Waals surface area contributed by atoms with E-state index in [1.807, 2.05) is 18.2 Å². The molecule has 2 rings (SSSR count). The first-order valence-electron chi connectivity index (χ1n) is 6.66. The summed E-state index contributed by atoms with van der Waals surface area (Å²) in [5, 5.41) is 9.79. The Kier molecular flexibility index (Phi) is 5.54. The summed E-state index contributed by atoms with van der Waals surface area (Å²) in [6.45, 7) is 0.441. The fraction of sp³-hybridized carbons (Fsp3) is 0.250. The van der Waals surface area contributed by atoms with Gasteiger partial charge in [-0.2, -0.15) is 0 Å². The first-order valence-corrected chi connectivity index (χ1v) is 6.66. The van der Waals surface area contributed by atoms with Crippen molar-refractivity contribution in [1.29, 1.82) is 0 Å². The Balaban J connectivity index is 1.79. The van der Waals surface area contributed by atoms with Crippen molar-refractivity contribution in [3.8, 4) is 11.5 Å². The highest BCUT2D eigenvalue weighted by Crippen LogP contribution is 2.16. The SMILES string of the molecule is NCc1cccc(OCC(O)COc2ccccc2F)c1. The minimum Gasteiger partial charge on any atom is -0.491 e. The molecule has 1 unspecified atom stereocenters. The van der Waals surface area contributed by atoms with Gasteiger partial charge in [0.05, 0.1) is 0 Å². The number of halogens is 1. The third kappa shape index (κ3) is 4.73. The van der Waals surface area contributed by atoms with Gasteiger partial charge in [0.15, 0.2) is 11.6 Å². The molecule has 0 aliphatic carbocycles. The van der Waals surface area contributed by atoms with Crippen LogP contribution in [0.3, 0.4) is 0 Å². The van der Waals surface area contributed by atoms with Gasteiger partial charge < -0.3 is 20.3 Å². The molecule has 0 bridgehead atoms. The summed E-state index contributed by atoms with van der Waals surface area (Å²) in [5.74, 6) is 0.283. The zero-order chi connectivity index (χ0) is 15.1. The second-order valence-electron chi connectivity index (χ2n) is 4.56. The monoisotopic (exact) mass is 291 g/mol. The molecule has 0 saturated carbocycles. The van der Waals surface area contributed by atoms with Crippen molar-refractivity contribution >= 4 is 0 Å². The predicted molar refractivity (Wildman–Crippen MR) is 77.7 cm³/mol. The van der Waals surface area contributed by atoms with E-state index in [1.54, 1.807) is 18.2 Å². The molecule has 2 aromatic carbocycles. The number of para-hydroxylation sites is 1. The Morgan fingerprint density at radius 1 is 1.05 bits per heavy atom. The number of hydrogen-bond acceptors (Lipinski definition) is 4. The zero-order valence-corrected chi connectivity index (χ0v) is 11.5. The quantitative estimate of drug-likeness (QED) is 0.820. The number of aliphatic hydroxyl groups is 1. The number of benzene rings is 2. The number of ether oxygens (including phenoxy) is 2. The van der Waals surface area contributed by atoms with E-state index in [4.69, 9.17) is 15.2 Å². The van der Waals surface area contributed by atoms with E-state index in [-0.39, 0.29) is 19.0 Å². The van der Waals surface area contributed by atoms with Crippen molar-refractivity contribution in [2.24, 2.45) is 5.73 Å². The van der Waals surface area contributed by atoms with Gasteiger partial charge in [0.1, 0.15) is 25.1 Å². The summed E-state index contributed by atoms with van der Waals surface area (Å²) < 4.78 is 24.0. The van der Waals surface area contributed by atoms with Crippen molar-refractivity contribution in [3.05, 3.63) is 59.9 Å². The van der Waals surface area contributed by atoms with Gasteiger partial charge in [-0.15, -0.1) is 0 Å². The van der Waals surface area contributed by atoms with E-state index < -0.39 is 11.9 Å². The van der Waals surface area contributed by atoms with Crippen LogP contribution in [-0.2, 0) is 6.54 Å². The molecular weight excluding hydrogens is 273 g/mol. The van der Waals surface area contributed by atoms with Gasteiger partial charge in [0.25, 0.3) is 0 Å². The van der Waals surface area contributed by atoms with E-state index in [9.17, 15) is 9.50 Å². The van der Waals surface area contributed by atoms with E-state index in [2.05, 4.69) is 0 Å². The lowest BCUT2D eigenvalue weighted by Gasteiger charge is -2.14. The Morgan fingerprint density at radius 2 is 1.81 bits per heavy atom. The highest BCUT2D eigenvalue weighted by atomic mass is 19.1. The molecule has 3 N–H and O–H groups in total. The van der Waals surface area contributed by atoms with Crippen molar-refractivity contribution in [2.75, 3.05) is 13.2 Å². The third-order valence-electron chi connectivity index (χ3n) is 2.84. The van der Waals surface area contributed by atoms with Crippen molar-refractivity contribution in [1.82, 2.24) is 0 Å². The third-order valence-corrected chi connectivity index (χ3v) is 2.84. The molecule has 112 valence electrons. The maximum atomic E-state index is 13.3. The van der Waals surface area contributed by atoms with Crippen LogP contribution in [0.4, 0.5) is 4.39 Å². The van der Waals surface area contributed by atoms with Crippen LogP contribution in [0.5, 0.6) is 11.5 Å². The normalized spacial score (nSPS) is 12.0. The summed E-state index contributed by atoms with van der Waals surface area (Å²) in [5.41, 5.74) is 6.49. The molecule has 0 aliphatic rings. The molecule has 1 atom stereocenters. The highest BCUT2D eigenvalue weighted by Gasteiger charge is 2.09. The molecule has 0 heterocycles. The van der Waals surface area contributed by atoms with Crippen molar-refractivity contribution in [2.45, 2.75) is 12.6 Å². The van der Waals surface area contributed by atoms with Crippen LogP contribution in [0.2, 0.25) is 0 Å². The molecule has 0 radical (unpaired) electrons. The molecular formula is C16H18FNO3. The van der Waals surface area contributed by atoms with Gasteiger partial charge in [-0.1, -0.05) is 24.3 Å². The Labute approximate surface area is 122 Å². The maximum Gasteiger partial charge on any atom is 0.165 e. The summed E-state index contributed by atoms with van der Waals surface area (Å²) in [6, 6.07) is 13.4. The van der Waals surface area contributed by atoms with Gasteiger partial charge in [0, 0.05) is 6.54 Å². The number of rotatable bonds is 7. The summed E-state index contributed by atoms with van der Waals surface area (Å²) >= 11 is 0. The fourth-order valence-electron chi connectivity index (χ4n) is 1.75. The fourth-order valence-corrected chi connectivity index (χ4v) is 1.75. The van der Waals surface area contributed by atoms with Gasteiger partial charge >= 0.3 is 0 Å². The standard InChI is InChI=1S/C16H18FNO3/c17-15-6-1-2-7-16(15)21-11-13(19)10-20-14-5-3-4-12(8-14)9-18/h1-8,13,19H,9-11,18H2. The second-order valence-corrected chi connectivity index (χ2v) is 4.56. The van der Waals surface area contributed by atoms with Crippen molar-refractivity contribution < 1.29 is 19.0 Å². The molecule has 0 amide bonds. The van der Waals surface area contributed by atoms with E-state index >= 15 is 0 Å². The Morgan fingerprint density at radius 3 is 2.57 bits per heavy atom. The molecule has 5 heteroatoms. The minimum absolute atomic E-state index is 0.0441. The van der Waals surface area contributed by atoms with Gasteiger partial charge in [0.2, 0.25) is 0 Å².